The van der Waals surface area contributed by atoms with Crippen LogP contribution in [0.4, 0.5) is 5.82 Å². The number of amides is 1. The average Bonchev–Trinajstić information content (AvgIpc) is 3.42. The number of rotatable bonds is 7. The highest BCUT2D eigenvalue weighted by Crippen LogP contribution is 2.23. The highest BCUT2D eigenvalue weighted by molar-refractivity contribution is 5.94. The van der Waals surface area contributed by atoms with Gasteiger partial charge in [-0.1, -0.05) is 0 Å². The Bertz CT molecular complexity index is 917. The van der Waals surface area contributed by atoms with Crippen molar-refractivity contribution in [2.24, 2.45) is 7.05 Å². The number of nitrogens with one attached hydrogen (secondary N) is 1. The molecule has 0 aromatic carbocycles. The van der Waals surface area contributed by atoms with Crippen LogP contribution >= 0.6 is 0 Å². The number of likely N-dealkylation sites (tertiary alicyclic amines) is 1. The standard InChI is InChI=1S/C21H27N7O/c1-26-16-17(14-25-26)13-22-20-7-6-18(15-23-20)21(29)28-11-3-2-5-19(28)8-12-27-10-4-9-24-27/h4,6-7,9-10,14-16,19H,2-3,5,8,11-13H2,1H3,(H,22,23)/t19-/m0/s1. The van der Waals surface area contributed by atoms with Gasteiger partial charge in [0.1, 0.15) is 5.82 Å². The van der Waals surface area contributed by atoms with Gasteiger partial charge in [-0.05, 0) is 43.9 Å². The maximum absolute atomic E-state index is 13.1. The molecule has 0 spiro atoms. The summed E-state index contributed by atoms with van der Waals surface area (Å²) in [6, 6.07) is 5.91. The molecular weight excluding hydrogens is 366 g/mol. The third-order valence-corrected chi connectivity index (χ3v) is 5.38. The summed E-state index contributed by atoms with van der Waals surface area (Å²) in [5.41, 5.74) is 1.73. The van der Waals surface area contributed by atoms with Crippen LogP contribution in [-0.2, 0) is 20.1 Å². The zero-order chi connectivity index (χ0) is 20.1. The van der Waals surface area contributed by atoms with E-state index >= 15 is 0 Å². The Morgan fingerprint density at radius 3 is 2.90 bits per heavy atom. The molecular formula is C21H27N7O. The molecule has 1 fully saturated rings. The molecule has 4 rings (SSSR count). The van der Waals surface area contributed by atoms with Gasteiger partial charge in [0.2, 0.25) is 0 Å². The second kappa shape index (κ2) is 8.89. The molecule has 0 bridgehead atoms. The molecule has 1 aliphatic heterocycles. The van der Waals surface area contributed by atoms with E-state index in [1.165, 1.54) is 6.42 Å². The molecule has 3 aromatic heterocycles. The zero-order valence-corrected chi connectivity index (χ0v) is 16.7. The molecule has 0 saturated carbocycles. The second-order valence-corrected chi connectivity index (χ2v) is 7.51. The van der Waals surface area contributed by atoms with Gasteiger partial charge in [-0.3, -0.25) is 14.2 Å². The van der Waals surface area contributed by atoms with Crippen molar-refractivity contribution in [2.45, 2.75) is 44.8 Å². The summed E-state index contributed by atoms with van der Waals surface area (Å²) >= 11 is 0. The van der Waals surface area contributed by atoms with Gasteiger partial charge in [-0.15, -0.1) is 0 Å². The number of aromatic nitrogens is 5. The van der Waals surface area contributed by atoms with E-state index in [0.29, 0.717) is 12.1 Å². The summed E-state index contributed by atoms with van der Waals surface area (Å²) in [6.45, 7) is 2.29. The predicted molar refractivity (Wildman–Crippen MR) is 110 cm³/mol. The van der Waals surface area contributed by atoms with E-state index in [1.807, 2.05) is 53.4 Å². The van der Waals surface area contributed by atoms with E-state index in [4.69, 9.17) is 0 Å². The third kappa shape index (κ3) is 4.82. The van der Waals surface area contributed by atoms with Gasteiger partial charge in [-0.2, -0.15) is 10.2 Å². The van der Waals surface area contributed by atoms with E-state index < -0.39 is 0 Å². The van der Waals surface area contributed by atoms with Gasteiger partial charge in [-0.25, -0.2) is 4.98 Å². The molecule has 4 heterocycles. The zero-order valence-electron chi connectivity index (χ0n) is 16.7. The number of nitrogens with zero attached hydrogens (tertiary/aromatic N) is 6. The van der Waals surface area contributed by atoms with Crippen LogP contribution in [0, 0.1) is 0 Å². The molecule has 1 aliphatic rings. The minimum Gasteiger partial charge on any atom is -0.366 e. The van der Waals surface area contributed by atoms with Crippen molar-refractivity contribution in [2.75, 3.05) is 11.9 Å². The number of carbonyl (C=O) groups excluding carboxylic acids is 1. The lowest BCUT2D eigenvalue weighted by Gasteiger charge is -2.36. The van der Waals surface area contributed by atoms with Crippen LogP contribution in [0.2, 0.25) is 0 Å². The molecule has 8 heteroatoms. The van der Waals surface area contributed by atoms with Crippen molar-refractivity contribution in [3.8, 4) is 0 Å². The Balaban J connectivity index is 1.36. The van der Waals surface area contributed by atoms with Crippen LogP contribution in [0.15, 0.2) is 49.2 Å². The van der Waals surface area contributed by atoms with Gasteiger partial charge in [0.05, 0.1) is 11.8 Å². The number of aryl methyl sites for hydroxylation is 2. The summed E-state index contributed by atoms with van der Waals surface area (Å²) in [5.74, 6) is 0.820. The number of piperidine rings is 1. The highest BCUT2D eigenvalue weighted by atomic mass is 16.2. The average molecular weight is 393 g/mol. The second-order valence-electron chi connectivity index (χ2n) is 7.51. The van der Waals surface area contributed by atoms with Gasteiger partial charge in [0.25, 0.3) is 5.91 Å². The van der Waals surface area contributed by atoms with Gasteiger partial charge in [0.15, 0.2) is 0 Å². The maximum Gasteiger partial charge on any atom is 0.255 e. The number of hydrogen-bond donors (Lipinski definition) is 1. The van der Waals surface area contributed by atoms with Crippen LogP contribution < -0.4 is 5.32 Å². The summed E-state index contributed by atoms with van der Waals surface area (Å²) < 4.78 is 3.70. The maximum atomic E-state index is 13.1. The van der Waals surface area contributed by atoms with Crippen molar-refractivity contribution in [3.05, 3.63) is 60.3 Å². The van der Waals surface area contributed by atoms with Crippen LogP contribution in [0.3, 0.4) is 0 Å². The molecule has 152 valence electrons. The monoisotopic (exact) mass is 393 g/mol. The Morgan fingerprint density at radius 1 is 1.24 bits per heavy atom. The largest absolute Gasteiger partial charge is 0.366 e. The molecule has 8 nitrogen and oxygen atoms in total. The third-order valence-electron chi connectivity index (χ3n) is 5.38. The topological polar surface area (TPSA) is 80.9 Å². The lowest BCUT2D eigenvalue weighted by Crippen LogP contribution is -2.44. The first-order chi connectivity index (χ1) is 14.2. The highest BCUT2D eigenvalue weighted by Gasteiger charge is 2.27. The SMILES string of the molecule is Cn1cc(CNc2ccc(C(=O)N3CCCC[C@H]3CCn3cccn3)cn2)cn1. The lowest BCUT2D eigenvalue weighted by molar-refractivity contribution is 0.0593. The minimum atomic E-state index is 0.0708. The van der Waals surface area contributed by atoms with E-state index in [0.717, 1.165) is 43.7 Å². The van der Waals surface area contributed by atoms with E-state index in [1.54, 1.807) is 17.1 Å². The summed E-state index contributed by atoms with van der Waals surface area (Å²) in [5, 5.41) is 11.7. The van der Waals surface area contributed by atoms with Gasteiger partial charge in [0, 0.05) is 63.1 Å². The first kappa shape index (κ1) is 19.2. The van der Waals surface area contributed by atoms with Crippen molar-refractivity contribution in [1.82, 2.24) is 29.4 Å². The Labute approximate surface area is 170 Å². The molecule has 1 saturated heterocycles. The van der Waals surface area contributed by atoms with Gasteiger partial charge >= 0.3 is 0 Å². The van der Waals surface area contributed by atoms with Crippen LogP contribution in [0.5, 0.6) is 0 Å². The van der Waals surface area contributed by atoms with Crippen LogP contribution in [-0.4, -0.2) is 47.9 Å². The summed E-state index contributed by atoms with van der Waals surface area (Å²) in [6.07, 6.45) is 13.4. The fourth-order valence-corrected chi connectivity index (χ4v) is 3.83. The molecule has 1 amide bonds. The van der Waals surface area contributed by atoms with Crippen molar-refractivity contribution < 1.29 is 4.79 Å². The normalized spacial score (nSPS) is 16.7. The van der Waals surface area contributed by atoms with E-state index in [2.05, 4.69) is 20.5 Å². The van der Waals surface area contributed by atoms with Crippen molar-refractivity contribution >= 4 is 11.7 Å². The molecule has 0 unspecified atom stereocenters. The molecule has 29 heavy (non-hydrogen) atoms. The number of hydrogen-bond acceptors (Lipinski definition) is 5. The van der Waals surface area contributed by atoms with Crippen LogP contribution in [0.25, 0.3) is 0 Å². The Morgan fingerprint density at radius 2 is 2.17 bits per heavy atom. The lowest BCUT2D eigenvalue weighted by atomic mass is 9.98. The van der Waals surface area contributed by atoms with E-state index in [9.17, 15) is 4.79 Å². The molecule has 3 aromatic rings. The first-order valence-electron chi connectivity index (χ1n) is 10.1. The first-order valence-corrected chi connectivity index (χ1v) is 10.1. The van der Waals surface area contributed by atoms with Gasteiger partial charge < -0.3 is 10.2 Å². The fraction of sp³-hybridized carbons (Fsp3) is 0.429. The summed E-state index contributed by atoms with van der Waals surface area (Å²) in [4.78, 5) is 19.5. The van der Waals surface area contributed by atoms with Crippen molar-refractivity contribution in [3.63, 3.8) is 0 Å². The van der Waals surface area contributed by atoms with E-state index in [-0.39, 0.29) is 11.9 Å². The molecule has 0 radical (unpaired) electrons. The number of carbonyl (C=O) groups is 1. The molecule has 1 N–H and O–H groups in total. The predicted octanol–water partition coefficient (Wildman–Crippen LogP) is 2.71. The number of pyridine rings is 1. The Hall–Kier alpha value is -3.16. The van der Waals surface area contributed by atoms with Crippen molar-refractivity contribution in [1.29, 1.82) is 0 Å². The molecule has 1 atom stereocenters. The quantitative estimate of drug-likeness (QED) is 0.668. The Kier molecular flexibility index (Phi) is 5.88. The number of anilines is 1. The fourth-order valence-electron chi connectivity index (χ4n) is 3.83. The minimum absolute atomic E-state index is 0.0708. The molecule has 0 aliphatic carbocycles. The van der Waals surface area contributed by atoms with Crippen LogP contribution in [0.1, 0.15) is 41.6 Å². The summed E-state index contributed by atoms with van der Waals surface area (Å²) in [7, 11) is 1.89. The smallest absolute Gasteiger partial charge is 0.255 e.